The number of methoxy groups -OCH3 is 1. The average Bonchev–Trinajstić information content (AvgIpc) is 3.11. The Labute approximate surface area is 259 Å². The molecule has 0 spiro atoms. The molecule has 8 heteroatoms. The summed E-state index contributed by atoms with van der Waals surface area (Å²) < 4.78 is 11.2. The van der Waals surface area contributed by atoms with E-state index in [0.29, 0.717) is 41.2 Å². The van der Waals surface area contributed by atoms with Crippen LogP contribution < -0.4 is 19.3 Å². The highest BCUT2D eigenvalue weighted by molar-refractivity contribution is 6.13. The molecule has 230 valence electrons. The standard InChI is InChI=1S/C36H41N3O5/c1-21(2)38(22(3)4)27-14-17-29(34(20-27)44-24(6)41)36-35-31(37-30-10-8-9-11-32(30)39(36)23(5)40)18-26(19-33(35)42)25-12-15-28(43-7)16-13-25/h8-17,20-22,26,35-36H,18-19H2,1-7H3. The van der Waals surface area contributed by atoms with Crippen LogP contribution in [-0.4, -0.2) is 42.6 Å². The van der Waals surface area contributed by atoms with Crippen molar-refractivity contribution in [3.8, 4) is 11.5 Å². The molecule has 2 aliphatic rings. The number of esters is 1. The van der Waals surface area contributed by atoms with Gasteiger partial charge in [-0.1, -0.05) is 30.3 Å². The Bertz CT molecular complexity index is 1590. The lowest BCUT2D eigenvalue weighted by Crippen LogP contribution is -2.45. The van der Waals surface area contributed by atoms with E-state index in [0.717, 1.165) is 17.0 Å². The van der Waals surface area contributed by atoms with Gasteiger partial charge in [0.1, 0.15) is 17.3 Å². The van der Waals surface area contributed by atoms with Gasteiger partial charge in [0.2, 0.25) is 5.91 Å². The second kappa shape index (κ2) is 12.6. The first-order chi connectivity index (χ1) is 21.0. The van der Waals surface area contributed by atoms with E-state index in [9.17, 15) is 14.4 Å². The highest BCUT2D eigenvalue weighted by atomic mass is 16.5. The number of hydrogen-bond donors (Lipinski definition) is 0. The molecule has 3 aromatic carbocycles. The minimum atomic E-state index is -0.755. The van der Waals surface area contributed by atoms with Gasteiger partial charge in [-0.2, -0.15) is 0 Å². The molecule has 1 fully saturated rings. The number of hydrogen-bond acceptors (Lipinski definition) is 7. The zero-order valence-electron chi connectivity index (χ0n) is 26.5. The summed E-state index contributed by atoms with van der Waals surface area (Å²) in [5.74, 6) is -0.413. The summed E-state index contributed by atoms with van der Waals surface area (Å²) in [6.07, 6.45) is 0.846. The normalized spacial score (nSPS) is 19.6. The Morgan fingerprint density at radius 2 is 1.61 bits per heavy atom. The Morgan fingerprint density at radius 3 is 2.23 bits per heavy atom. The number of ether oxygens (including phenoxy) is 2. The molecule has 3 unspecified atom stereocenters. The van der Waals surface area contributed by atoms with E-state index < -0.39 is 17.9 Å². The van der Waals surface area contributed by atoms with E-state index in [2.05, 4.69) is 32.6 Å². The number of aliphatic imine (C=N–C) groups is 1. The van der Waals surface area contributed by atoms with Crippen molar-refractivity contribution in [2.75, 3.05) is 16.9 Å². The minimum Gasteiger partial charge on any atom is -0.497 e. The number of para-hydroxylation sites is 2. The Balaban J connectivity index is 1.69. The molecule has 44 heavy (non-hydrogen) atoms. The van der Waals surface area contributed by atoms with Gasteiger partial charge in [-0.15, -0.1) is 0 Å². The molecular formula is C36H41N3O5. The van der Waals surface area contributed by atoms with Crippen LogP contribution in [0.4, 0.5) is 17.1 Å². The van der Waals surface area contributed by atoms with Gasteiger partial charge in [0.05, 0.1) is 30.4 Å². The highest BCUT2D eigenvalue weighted by Gasteiger charge is 2.46. The fourth-order valence-electron chi connectivity index (χ4n) is 6.86. The van der Waals surface area contributed by atoms with Crippen molar-refractivity contribution in [1.82, 2.24) is 0 Å². The number of rotatable bonds is 7. The number of ketones is 1. The largest absolute Gasteiger partial charge is 0.497 e. The molecular weight excluding hydrogens is 554 g/mol. The molecule has 0 radical (unpaired) electrons. The third-order valence-electron chi connectivity index (χ3n) is 8.51. The lowest BCUT2D eigenvalue weighted by Gasteiger charge is -2.39. The molecule has 1 heterocycles. The SMILES string of the molecule is COc1ccc(C2CC(=O)C3C(=Nc4ccccc4N(C(C)=O)C3c3ccc(N(C(C)C)C(C)C)cc3OC(C)=O)C2)cc1. The number of amides is 1. The lowest BCUT2D eigenvalue weighted by atomic mass is 9.72. The zero-order valence-corrected chi connectivity index (χ0v) is 26.5. The van der Waals surface area contributed by atoms with Crippen LogP contribution in [-0.2, 0) is 14.4 Å². The maximum Gasteiger partial charge on any atom is 0.308 e. The molecule has 3 atom stereocenters. The number of carbonyl (C=O) groups is 3. The third-order valence-corrected chi connectivity index (χ3v) is 8.51. The van der Waals surface area contributed by atoms with Gasteiger partial charge in [0, 0.05) is 55.4 Å². The number of benzene rings is 3. The monoisotopic (exact) mass is 595 g/mol. The number of Topliss-reactive ketones (excluding diaryl/α,β-unsaturated/α-hetero) is 1. The second-order valence-electron chi connectivity index (χ2n) is 12.2. The number of nitrogens with zero attached hydrogens (tertiary/aromatic N) is 3. The number of anilines is 2. The molecule has 1 amide bonds. The molecule has 3 aromatic rings. The molecule has 0 bridgehead atoms. The Morgan fingerprint density at radius 1 is 0.932 bits per heavy atom. The van der Waals surface area contributed by atoms with Gasteiger partial charge >= 0.3 is 5.97 Å². The van der Waals surface area contributed by atoms with Crippen molar-refractivity contribution in [2.45, 2.75) is 78.4 Å². The maximum absolute atomic E-state index is 14.3. The van der Waals surface area contributed by atoms with E-state index in [1.54, 1.807) is 12.0 Å². The summed E-state index contributed by atoms with van der Waals surface area (Å²) in [5.41, 5.74) is 4.48. The first-order valence-electron chi connectivity index (χ1n) is 15.2. The summed E-state index contributed by atoms with van der Waals surface area (Å²) in [4.78, 5) is 49.3. The third kappa shape index (κ3) is 5.98. The van der Waals surface area contributed by atoms with Crippen molar-refractivity contribution in [3.63, 3.8) is 0 Å². The van der Waals surface area contributed by atoms with Crippen LogP contribution in [0.15, 0.2) is 71.7 Å². The van der Waals surface area contributed by atoms with Gasteiger partial charge in [-0.25, -0.2) is 0 Å². The van der Waals surface area contributed by atoms with Crippen LogP contribution in [0, 0.1) is 5.92 Å². The van der Waals surface area contributed by atoms with E-state index in [1.165, 1.54) is 13.8 Å². The van der Waals surface area contributed by atoms with Gasteiger partial charge in [-0.05, 0) is 75.9 Å². The average molecular weight is 596 g/mol. The maximum atomic E-state index is 14.3. The van der Waals surface area contributed by atoms with Crippen LogP contribution in [0.25, 0.3) is 0 Å². The minimum absolute atomic E-state index is 0.0105. The fraction of sp³-hybridized carbons (Fsp3) is 0.389. The van der Waals surface area contributed by atoms with Crippen molar-refractivity contribution in [3.05, 3.63) is 77.9 Å². The molecule has 1 aliphatic heterocycles. The molecule has 1 aliphatic carbocycles. The molecule has 0 saturated heterocycles. The summed E-state index contributed by atoms with van der Waals surface area (Å²) in [5, 5.41) is 0. The van der Waals surface area contributed by atoms with Crippen LogP contribution >= 0.6 is 0 Å². The Kier molecular flexibility index (Phi) is 8.90. The van der Waals surface area contributed by atoms with Gasteiger partial charge in [0.15, 0.2) is 0 Å². The van der Waals surface area contributed by atoms with Crippen LogP contribution in [0.2, 0.25) is 0 Å². The molecule has 5 rings (SSSR count). The number of fused-ring (bicyclic) bond motifs is 2. The van der Waals surface area contributed by atoms with Crippen molar-refractivity contribution in [2.24, 2.45) is 10.9 Å². The van der Waals surface area contributed by atoms with Crippen molar-refractivity contribution < 1.29 is 23.9 Å². The van der Waals surface area contributed by atoms with E-state index in [1.807, 2.05) is 66.7 Å². The number of carbonyl (C=O) groups excluding carboxylic acids is 3. The lowest BCUT2D eigenvalue weighted by molar-refractivity contribution is -0.132. The highest BCUT2D eigenvalue weighted by Crippen LogP contribution is 2.49. The van der Waals surface area contributed by atoms with Crippen LogP contribution in [0.3, 0.4) is 0 Å². The quantitative estimate of drug-likeness (QED) is 0.212. The molecule has 1 saturated carbocycles. The van der Waals surface area contributed by atoms with Crippen molar-refractivity contribution >= 4 is 40.4 Å². The summed E-state index contributed by atoms with van der Waals surface area (Å²) in [6, 6.07) is 20.7. The predicted octanol–water partition coefficient (Wildman–Crippen LogP) is 7.19. The summed E-state index contributed by atoms with van der Waals surface area (Å²) in [7, 11) is 1.63. The second-order valence-corrected chi connectivity index (χ2v) is 12.2. The smallest absolute Gasteiger partial charge is 0.308 e. The fourth-order valence-corrected chi connectivity index (χ4v) is 6.86. The van der Waals surface area contributed by atoms with Gasteiger partial charge < -0.3 is 19.3 Å². The first-order valence-corrected chi connectivity index (χ1v) is 15.2. The van der Waals surface area contributed by atoms with Crippen LogP contribution in [0.5, 0.6) is 11.5 Å². The van der Waals surface area contributed by atoms with E-state index >= 15 is 0 Å². The first kappa shape index (κ1) is 31.0. The summed E-state index contributed by atoms with van der Waals surface area (Å²) in [6.45, 7) is 11.3. The molecule has 8 nitrogen and oxygen atoms in total. The van der Waals surface area contributed by atoms with E-state index in [4.69, 9.17) is 14.5 Å². The van der Waals surface area contributed by atoms with Gasteiger partial charge in [-0.3, -0.25) is 19.4 Å². The topological polar surface area (TPSA) is 88.5 Å². The summed E-state index contributed by atoms with van der Waals surface area (Å²) >= 11 is 0. The zero-order chi connectivity index (χ0) is 31.7. The molecule has 0 aromatic heterocycles. The van der Waals surface area contributed by atoms with Crippen molar-refractivity contribution in [1.29, 1.82) is 0 Å². The van der Waals surface area contributed by atoms with Gasteiger partial charge in [0.25, 0.3) is 0 Å². The van der Waals surface area contributed by atoms with Crippen LogP contribution in [0.1, 0.15) is 77.5 Å². The molecule has 0 N–H and O–H groups in total. The Hall–Kier alpha value is -4.46. The predicted molar refractivity (Wildman–Crippen MR) is 173 cm³/mol. The van der Waals surface area contributed by atoms with E-state index in [-0.39, 0.29) is 29.7 Å².